The number of ether oxygens (including phenoxy) is 1. The minimum atomic E-state index is -3.62. The number of carbonyl (C=O) groups excluding carboxylic acids is 2. The summed E-state index contributed by atoms with van der Waals surface area (Å²) < 4.78 is 46.8. The molecule has 204 valence electrons. The highest BCUT2D eigenvalue weighted by atomic mass is 32.2. The first-order valence-corrected chi connectivity index (χ1v) is 14.6. The summed E-state index contributed by atoms with van der Waals surface area (Å²) >= 11 is 1.21. The highest BCUT2D eigenvalue weighted by molar-refractivity contribution is 7.92. The van der Waals surface area contributed by atoms with Crippen LogP contribution in [-0.2, 0) is 15.4 Å². The summed E-state index contributed by atoms with van der Waals surface area (Å²) in [5, 5.41) is 6.19. The van der Waals surface area contributed by atoms with Gasteiger partial charge in [-0.3, -0.25) is 14.3 Å². The zero-order valence-electron chi connectivity index (χ0n) is 22.0. The Morgan fingerprint density at radius 2 is 1.56 bits per heavy atom. The van der Waals surface area contributed by atoms with Crippen LogP contribution < -0.4 is 20.1 Å². The maximum atomic E-state index is 14.1. The highest BCUT2D eigenvalue weighted by Gasteiger charge is 2.23. The zero-order chi connectivity index (χ0) is 28.5. The predicted octanol–water partition coefficient (Wildman–Crippen LogP) is 6.22. The smallest absolute Gasteiger partial charge is 0.265 e. The summed E-state index contributed by atoms with van der Waals surface area (Å²) in [4.78, 5) is 26.4. The number of anilines is 3. The van der Waals surface area contributed by atoms with Crippen LogP contribution >= 0.6 is 11.3 Å². The van der Waals surface area contributed by atoms with Crippen LogP contribution in [0.25, 0.3) is 10.1 Å². The van der Waals surface area contributed by atoms with E-state index in [1.165, 1.54) is 36.6 Å². The molecule has 39 heavy (non-hydrogen) atoms. The Morgan fingerprint density at radius 1 is 0.897 bits per heavy atom. The largest absolute Gasteiger partial charge is 0.492 e. The van der Waals surface area contributed by atoms with E-state index >= 15 is 0 Å². The molecule has 4 aromatic rings. The number of hydrogen-bond acceptors (Lipinski definition) is 6. The van der Waals surface area contributed by atoms with Crippen molar-refractivity contribution in [2.24, 2.45) is 0 Å². The molecular weight excluding hydrogens is 541 g/mol. The average molecular weight is 570 g/mol. The van der Waals surface area contributed by atoms with Crippen molar-refractivity contribution in [2.45, 2.75) is 26.2 Å². The summed E-state index contributed by atoms with van der Waals surface area (Å²) in [6.07, 6.45) is 1.04. The van der Waals surface area contributed by atoms with Gasteiger partial charge in [0.05, 0.1) is 35.2 Å². The molecule has 1 aromatic heterocycles. The van der Waals surface area contributed by atoms with Crippen LogP contribution in [0.4, 0.5) is 21.5 Å². The third-order valence-electron chi connectivity index (χ3n) is 5.85. The molecule has 0 aliphatic heterocycles. The third kappa shape index (κ3) is 6.37. The number of fused-ring (bicyclic) bond motifs is 1. The fraction of sp³-hybridized carbons (Fsp3) is 0.214. The Kier molecular flexibility index (Phi) is 7.67. The van der Waals surface area contributed by atoms with Gasteiger partial charge in [-0.05, 0) is 53.4 Å². The van der Waals surface area contributed by atoms with Gasteiger partial charge in [-0.2, -0.15) is 0 Å². The normalized spacial score (nSPS) is 11.7. The molecule has 11 heteroatoms. The van der Waals surface area contributed by atoms with Gasteiger partial charge in [-0.1, -0.05) is 39.0 Å². The fourth-order valence-corrected chi connectivity index (χ4v) is 5.48. The van der Waals surface area contributed by atoms with E-state index in [2.05, 4.69) is 15.4 Å². The van der Waals surface area contributed by atoms with Crippen LogP contribution in [0.15, 0.2) is 60.7 Å². The van der Waals surface area contributed by atoms with Crippen molar-refractivity contribution in [1.29, 1.82) is 0 Å². The number of hydrogen-bond donors (Lipinski definition) is 3. The Hall–Kier alpha value is -3.96. The van der Waals surface area contributed by atoms with Gasteiger partial charge < -0.3 is 15.4 Å². The lowest BCUT2D eigenvalue weighted by molar-refractivity contribution is 0.101. The Labute approximate surface area is 230 Å². The summed E-state index contributed by atoms with van der Waals surface area (Å²) in [5.74, 6) is -1.52. The summed E-state index contributed by atoms with van der Waals surface area (Å²) in [6, 6.07) is 16.0. The van der Waals surface area contributed by atoms with Crippen molar-refractivity contribution in [1.82, 2.24) is 0 Å². The zero-order valence-corrected chi connectivity index (χ0v) is 23.6. The first-order chi connectivity index (χ1) is 18.3. The minimum absolute atomic E-state index is 0.0907. The Bertz CT molecular complexity index is 1690. The number of halogens is 1. The van der Waals surface area contributed by atoms with Crippen molar-refractivity contribution < 1.29 is 27.1 Å². The van der Waals surface area contributed by atoms with Crippen LogP contribution in [-0.4, -0.2) is 33.6 Å². The standard InChI is InChI=1S/C28H28FN3O5S2/c1-28(2,3)16-13-21(25(37-4)22(14-16)32-39(5,35)36)31-27(34)24-15-18-20(11-8-12-23(18)38-24)30-26(33)17-9-6-7-10-19(17)29/h6-15,32H,1-5H3,(H,30,33)(H,31,34). The third-order valence-corrected chi connectivity index (χ3v) is 7.54. The lowest BCUT2D eigenvalue weighted by atomic mass is 9.86. The van der Waals surface area contributed by atoms with E-state index in [0.717, 1.165) is 16.5 Å². The fourth-order valence-electron chi connectivity index (χ4n) is 3.95. The second-order valence-electron chi connectivity index (χ2n) is 9.94. The predicted molar refractivity (Wildman–Crippen MR) is 154 cm³/mol. The van der Waals surface area contributed by atoms with E-state index in [0.29, 0.717) is 21.6 Å². The van der Waals surface area contributed by atoms with Gasteiger partial charge in [0, 0.05) is 15.8 Å². The van der Waals surface area contributed by atoms with Crippen molar-refractivity contribution in [3.05, 3.63) is 82.5 Å². The number of thiophene rings is 1. The maximum absolute atomic E-state index is 14.1. The summed E-state index contributed by atoms with van der Waals surface area (Å²) in [6.45, 7) is 5.90. The quantitative estimate of drug-likeness (QED) is 0.244. The number of sulfonamides is 1. The topological polar surface area (TPSA) is 114 Å². The molecule has 3 N–H and O–H groups in total. The van der Waals surface area contributed by atoms with Crippen molar-refractivity contribution >= 4 is 60.3 Å². The van der Waals surface area contributed by atoms with Crippen molar-refractivity contribution in [2.75, 3.05) is 28.7 Å². The Morgan fingerprint density at radius 3 is 2.21 bits per heavy atom. The van der Waals surface area contributed by atoms with Gasteiger partial charge >= 0.3 is 0 Å². The van der Waals surface area contributed by atoms with E-state index in [4.69, 9.17) is 4.74 Å². The van der Waals surface area contributed by atoms with E-state index in [-0.39, 0.29) is 22.4 Å². The number of rotatable bonds is 7. The van der Waals surface area contributed by atoms with Gasteiger partial charge in [0.15, 0.2) is 5.75 Å². The molecule has 0 spiro atoms. The number of methoxy groups -OCH3 is 1. The van der Waals surface area contributed by atoms with E-state index in [1.54, 1.807) is 36.4 Å². The lowest BCUT2D eigenvalue weighted by Crippen LogP contribution is -2.18. The van der Waals surface area contributed by atoms with Gasteiger partial charge in [0.1, 0.15) is 5.82 Å². The minimum Gasteiger partial charge on any atom is -0.492 e. The van der Waals surface area contributed by atoms with Gasteiger partial charge in [0.2, 0.25) is 10.0 Å². The molecule has 0 atom stereocenters. The number of carbonyl (C=O) groups is 2. The van der Waals surface area contributed by atoms with Crippen LogP contribution in [0.1, 0.15) is 46.4 Å². The molecule has 0 aliphatic rings. The average Bonchev–Trinajstić information content (AvgIpc) is 3.28. The van der Waals surface area contributed by atoms with Crippen LogP contribution in [0.5, 0.6) is 5.75 Å². The van der Waals surface area contributed by atoms with Gasteiger partial charge in [-0.15, -0.1) is 11.3 Å². The van der Waals surface area contributed by atoms with Crippen molar-refractivity contribution in [3.8, 4) is 5.75 Å². The van der Waals surface area contributed by atoms with E-state index < -0.39 is 27.7 Å². The molecule has 0 saturated heterocycles. The van der Waals surface area contributed by atoms with Gasteiger partial charge in [0.25, 0.3) is 11.8 Å². The van der Waals surface area contributed by atoms with E-state index in [1.807, 2.05) is 26.8 Å². The molecule has 0 unspecified atom stereocenters. The van der Waals surface area contributed by atoms with Crippen LogP contribution in [0.2, 0.25) is 0 Å². The summed E-state index contributed by atoms with van der Waals surface area (Å²) in [5.41, 5.74) is 1.26. The lowest BCUT2D eigenvalue weighted by Gasteiger charge is -2.23. The summed E-state index contributed by atoms with van der Waals surface area (Å²) in [7, 11) is -2.23. The molecule has 0 radical (unpaired) electrons. The number of amides is 2. The van der Waals surface area contributed by atoms with Gasteiger partial charge in [-0.25, -0.2) is 12.8 Å². The molecule has 0 fully saturated rings. The Balaban J connectivity index is 1.69. The molecule has 0 saturated carbocycles. The molecule has 3 aromatic carbocycles. The van der Waals surface area contributed by atoms with E-state index in [9.17, 15) is 22.4 Å². The molecule has 0 bridgehead atoms. The first-order valence-electron chi connectivity index (χ1n) is 11.9. The molecule has 4 rings (SSSR count). The monoisotopic (exact) mass is 569 g/mol. The molecular formula is C28H28FN3O5S2. The molecule has 0 aliphatic carbocycles. The molecule has 2 amide bonds. The maximum Gasteiger partial charge on any atom is 0.265 e. The molecule has 8 nitrogen and oxygen atoms in total. The second-order valence-corrected chi connectivity index (χ2v) is 12.8. The van der Waals surface area contributed by atoms with Crippen molar-refractivity contribution in [3.63, 3.8) is 0 Å². The highest BCUT2D eigenvalue weighted by Crippen LogP contribution is 2.40. The SMILES string of the molecule is COc1c(NC(=O)c2cc3c(NC(=O)c4ccccc4F)cccc3s2)cc(C(C)(C)C)cc1NS(C)(=O)=O. The number of benzene rings is 3. The van der Waals surface area contributed by atoms with Crippen LogP contribution in [0.3, 0.4) is 0 Å². The second kappa shape index (κ2) is 10.7. The first kappa shape index (κ1) is 28.1. The molecule has 1 heterocycles. The van der Waals surface area contributed by atoms with Crippen LogP contribution in [0, 0.1) is 5.82 Å². The number of nitrogens with one attached hydrogen (secondary N) is 3.